The number of carbonyl (C=O) groups is 2. The van der Waals surface area contributed by atoms with Crippen molar-refractivity contribution in [2.75, 3.05) is 11.9 Å². The van der Waals surface area contributed by atoms with Gasteiger partial charge in [-0.3, -0.25) is 14.4 Å². The second kappa shape index (κ2) is 7.94. The summed E-state index contributed by atoms with van der Waals surface area (Å²) in [6, 6.07) is 18.1. The van der Waals surface area contributed by atoms with E-state index in [9.17, 15) is 14.4 Å². The Hall–Kier alpha value is -3.67. The second-order valence-corrected chi connectivity index (χ2v) is 5.61. The number of anilines is 1. The van der Waals surface area contributed by atoms with Gasteiger partial charge in [-0.2, -0.15) is 0 Å². The molecule has 0 bridgehead atoms. The monoisotopic (exact) mass is 347 g/mol. The first-order chi connectivity index (χ1) is 12.6. The molecule has 1 aromatic heterocycles. The van der Waals surface area contributed by atoms with Crippen LogP contribution in [0.15, 0.2) is 71.5 Å². The summed E-state index contributed by atoms with van der Waals surface area (Å²) in [7, 11) is 0. The van der Waals surface area contributed by atoms with Crippen molar-refractivity contribution in [3.8, 4) is 0 Å². The number of nitrogens with one attached hydrogen (secondary N) is 3. The van der Waals surface area contributed by atoms with Crippen molar-refractivity contribution in [1.29, 1.82) is 0 Å². The molecule has 3 rings (SSSR count). The molecule has 0 aliphatic carbocycles. The van der Waals surface area contributed by atoms with E-state index in [1.807, 2.05) is 30.3 Å². The smallest absolute Gasteiger partial charge is 0.255 e. The first-order valence-corrected chi connectivity index (χ1v) is 8.05. The number of pyridine rings is 1. The standard InChI is InChI=1S/C20H17N3O3/c24-18(21-13-19(25)22-16-7-2-1-3-8-16)11-10-15-12-14-6-4-5-9-17(14)23-20(15)26/h1-12H,13H2,(H,21,24)(H,22,25)(H,23,26)/b11-10+. The molecule has 0 fully saturated rings. The SMILES string of the molecule is O=C(/C=C/c1cc2ccccc2[nH]c1=O)NCC(=O)Nc1ccccc1. The van der Waals surface area contributed by atoms with E-state index < -0.39 is 5.91 Å². The minimum absolute atomic E-state index is 0.161. The maximum atomic E-state index is 12.0. The molecule has 3 N–H and O–H groups in total. The highest BCUT2D eigenvalue weighted by molar-refractivity contribution is 5.98. The van der Waals surface area contributed by atoms with Crippen molar-refractivity contribution in [3.05, 3.63) is 82.7 Å². The first kappa shape index (κ1) is 17.2. The Labute approximate surface area is 149 Å². The average Bonchev–Trinajstić information content (AvgIpc) is 2.65. The molecule has 26 heavy (non-hydrogen) atoms. The van der Waals surface area contributed by atoms with Gasteiger partial charge in [0.2, 0.25) is 11.8 Å². The number of aromatic amines is 1. The quantitative estimate of drug-likeness (QED) is 0.619. The van der Waals surface area contributed by atoms with Gasteiger partial charge in [0.15, 0.2) is 0 Å². The highest BCUT2D eigenvalue weighted by Crippen LogP contribution is 2.10. The molecule has 0 aliphatic heterocycles. The molecule has 0 saturated heterocycles. The third-order valence-corrected chi connectivity index (χ3v) is 3.68. The van der Waals surface area contributed by atoms with Crippen LogP contribution in [-0.4, -0.2) is 23.3 Å². The van der Waals surface area contributed by atoms with Gasteiger partial charge >= 0.3 is 0 Å². The number of benzene rings is 2. The van der Waals surface area contributed by atoms with Gasteiger partial charge < -0.3 is 15.6 Å². The van der Waals surface area contributed by atoms with E-state index >= 15 is 0 Å². The average molecular weight is 347 g/mol. The number of fused-ring (bicyclic) bond motifs is 1. The lowest BCUT2D eigenvalue weighted by Crippen LogP contribution is -2.31. The molecular weight excluding hydrogens is 330 g/mol. The molecule has 1 heterocycles. The highest BCUT2D eigenvalue weighted by Gasteiger charge is 2.04. The summed E-state index contributed by atoms with van der Waals surface area (Å²) in [5.41, 5.74) is 1.48. The molecule has 0 radical (unpaired) electrons. The molecule has 0 spiro atoms. The van der Waals surface area contributed by atoms with Crippen molar-refractivity contribution in [3.63, 3.8) is 0 Å². The van der Waals surface area contributed by atoms with Gasteiger partial charge in [-0.1, -0.05) is 36.4 Å². The Kier molecular flexibility index (Phi) is 5.24. The third kappa shape index (κ3) is 4.45. The number of hydrogen-bond acceptors (Lipinski definition) is 3. The zero-order valence-corrected chi connectivity index (χ0v) is 13.9. The number of hydrogen-bond donors (Lipinski definition) is 3. The van der Waals surface area contributed by atoms with E-state index in [-0.39, 0.29) is 18.0 Å². The molecule has 0 saturated carbocycles. The van der Waals surface area contributed by atoms with Gasteiger partial charge in [0.1, 0.15) is 0 Å². The molecular formula is C20H17N3O3. The van der Waals surface area contributed by atoms with Crippen LogP contribution in [0, 0.1) is 0 Å². The highest BCUT2D eigenvalue weighted by atomic mass is 16.2. The van der Waals surface area contributed by atoms with Crippen molar-refractivity contribution < 1.29 is 9.59 Å². The number of carbonyl (C=O) groups excluding carboxylic acids is 2. The Morgan fingerprint density at radius 3 is 2.54 bits per heavy atom. The zero-order valence-electron chi connectivity index (χ0n) is 13.9. The van der Waals surface area contributed by atoms with Crippen LogP contribution in [0.2, 0.25) is 0 Å². The van der Waals surface area contributed by atoms with Gasteiger partial charge in [0.25, 0.3) is 5.56 Å². The van der Waals surface area contributed by atoms with Crippen molar-refractivity contribution in [1.82, 2.24) is 10.3 Å². The summed E-state index contributed by atoms with van der Waals surface area (Å²) < 4.78 is 0. The number of amides is 2. The maximum Gasteiger partial charge on any atom is 0.255 e. The van der Waals surface area contributed by atoms with Crippen molar-refractivity contribution in [2.24, 2.45) is 0 Å². The summed E-state index contributed by atoms with van der Waals surface area (Å²) in [6.45, 7) is -0.161. The largest absolute Gasteiger partial charge is 0.343 e. The van der Waals surface area contributed by atoms with E-state index in [1.165, 1.54) is 12.2 Å². The van der Waals surface area contributed by atoms with Crippen LogP contribution in [-0.2, 0) is 9.59 Å². The van der Waals surface area contributed by atoms with Crippen LogP contribution in [0.4, 0.5) is 5.69 Å². The summed E-state index contributed by atoms with van der Waals surface area (Å²) in [6.07, 6.45) is 2.66. The predicted octanol–water partition coefficient (Wildman–Crippen LogP) is 2.30. The topological polar surface area (TPSA) is 91.1 Å². The lowest BCUT2D eigenvalue weighted by molar-refractivity contribution is -0.121. The molecule has 6 nitrogen and oxygen atoms in total. The fraction of sp³-hybridized carbons (Fsp3) is 0.0500. The summed E-state index contributed by atoms with van der Waals surface area (Å²) in [5.74, 6) is -0.790. The van der Waals surface area contributed by atoms with Crippen LogP contribution in [0.25, 0.3) is 17.0 Å². The minimum atomic E-state index is -0.458. The van der Waals surface area contributed by atoms with Crippen LogP contribution in [0.1, 0.15) is 5.56 Å². The van der Waals surface area contributed by atoms with Gasteiger partial charge in [-0.25, -0.2) is 0 Å². The van der Waals surface area contributed by atoms with Crippen LogP contribution >= 0.6 is 0 Å². The summed E-state index contributed by atoms with van der Waals surface area (Å²) in [4.78, 5) is 38.4. The van der Waals surface area contributed by atoms with Gasteiger partial charge in [-0.05, 0) is 35.7 Å². The molecule has 2 aromatic carbocycles. The number of para-hydroxylation sites is 2. The fourth-order valence-corrected chi connectivity index (χ4v) is 2.41. The van der Waals surface area contributed by atoms with Crippen LogP contribution in [0.3, 0.4) is 0 Å². The zero-order chi connectivity index (χ0) is 18.4. The summed E-state index contributed by atoms with van der Waals surface area (Å²) in [5, 5.41) is 6.02. The Bertz CT molecular complexity index is 1020. The lowest BCUT2D eigenvalue weighted by Gasteiger charge is -2.05. The number of rotatable bonds is 5. The van der Waals surface area contributed by atoms with E-state index in [0.717, 1.165) is 10.9 Å². The van der Waals surface area contributed by atoms with E-state index in [4.69, 9.17) is 0 Å². The molecule has 130 valence electrons. The molecule has 0 unspecified atom stereocenters. The minimum Gasteiger partial charge on any atom is -0.343 e. The van der Waals surface area contributed by atoms with Gasteiger partial charge in [0.05, 0.1) is 6.54 Å². The Balaban J connectivity index is 1.58. The number of aromatic nitrogens is 1. The molecule has 2 amide bonds. The maximum absolute atomic E-state index is 12.0. The number of H-pyrrole nitrogens is 1. The predicted molar refractivity (Wildman–Crippen MR) is 102 cm³/mol. The van der Waals surface area contributed by atoms with E-state index in [2.05, 4.69) is 15.6 Å². The van der Waals surface area contributed by atoms with Gasteiger partial charge in [0, 0.05) is 22.8 Å². The van der Waals surface area contributed by atoms with Crippen molar-refractivity contribution >= 4 is 34.5 Å². The Morgan fingerprint density at radius 2 is 1.73 bits per heavy atom. The van der Waals surface area contributed by atoms with Crippen molar-refractivity contribution in [2.45, 2.75) is 0 Å². The van der Waals surface area contributed by atoms with Crippen LogP contribution < -0.4 is 16.2 Å². The molecule has 0 atom stereocenters. The fourth-order valence-electron chi connectivity index (χ4n) is 2.41. The van der Waals surface area contributed by atoms with Crippen LogP contribution in [0.5, 0.6) is 0 Å². The molecule has 0 aliphatic rings. The Morgan fingerprint density at radius 1 is 1.00 bits per heavy atom. The normalized spacial score (nSPS) is 10.8. The first-order valence-electron chi connectivity index (χ1n) is 8.05. The lowest BCUT2D eigenvalue weighted by atomic mass is 10.1. The van der Waals surface area contributed by atoms with E-state index in [1.54, 1.807) is 30.3 Å². The summed E-state index contributed by atoms with van der Waals surface area (Å²) >= 11 is 0. The second-order valence-electron chi connectivity index (χ2n) is 5.61. The third-order valence-electron chi connectivity index (χ3n) is 3.68. The molecule has 6 heteroatoms. The molecule has 3 aromatic rings. The van der Waals surface area contributed by atoms with E-state index in [0.29, 0.717) is 11.3 Å². The van der Waals surface area contributed by atoms with Gasteiger partial charge in [-0.15, -0.1) is 0 Å².